The number of hydrogen-bond donors (Lipinski definition) is 1. The van der Waals surface area contributed by atoms with Crippen molar-refractivity contribution in [1.29, 1.82) is 0 Å². The van der Waals surface area contributed by atoms with Crippen molar-refractivity contribution in [2.45, 2.75) is 25.7 Å². The minimum atomic E-state index is -0.379. The molecule has 0 bridgehead atoms. The zero-order valence-corrected chi connectivity index (χ0v) is 24.0. The molecule has 0 atom stereocenters. The first kappa shape index (κ1) is 30.1. The summed E-state index contributed by atoms with van der Waals surface area (Å²) >= 11 is 0. The monoisotopic (exact) mass is 560 g/mol. The highest BCUT2D eigenvalue weighted by Crippen LogP contribution is 2.44. The van der Waals surface area contributed by atoms with Crippen molar-refractivity contribution in [3.05, 3.63) is 89.5 Å². The molecule has 1 aliphatic rings. The Labute approximate surface area is 242 Å². The summed E-state index contributed by atoms with van der Waals surface area (Å²) in [6.07, 6.45) is 1.86. The van der Waals surface area contributed by atoms with Crippen molar-refractivity contribution in [1.82, 2.24) is 4.90 Å². The van der Waals surface area contributed by atoms with Gasteiger partial charge >= 0.3 is 12.1 Å². The summed E-state index contributed by atoms with van der Waals surface area (Å²) in [5.41, 5.74) is 6.27. The molecule has 4 rings (SSSR count). The molecule has 0 unspecified atom stereocenters. The molecule has 1 aliphatic carbocycles. The van der Waals surface area contributed by atoms with E-state index in [1.807, 2.05) is 36.4 Å². The third kappa shape index (κ3) is 8.55. The van der Waals surface area contributed by atoms with E-state index in [9.17, 15) is 9.59 Å². The van der Waals surface area contributed by atoms with Crippen LogP contribution in [0.1, 0.15) is 47.2 Å². The lowest BCUT2D eigenvalue weighted by Crippen LogP contribution is -2.32. The molecule has 1 N–H and O–H groups in total. The minimum absolute atomic E-state index is 0.0330. The molecule has 8 nitrogen and oxygen atoms in total. The van der Waals surface area contributed by atoms with Crippen LogP contribution in [0.25, 0.3) is 11.1 Å². The second-order valence-electron chi connectivity index (χ2n) is 9.94. The molecule has 218 valence electrons. The lowest BCUT2D eigenvalue weighted by Gasteiger charge is -2.19. The third-order valence-corrected chi connectivity index (χ3v) is 7.03. The first-order valence-electron chi connectivity index (χ1n) is 14.3. The highest BCUT2D eigenvalue weighted by molar-refractivity contribution is 5.89. The number of ether oxygens (including phenoxy) is 4. The Morgan fingerprint density at radius 3 is 2.05 bits per heavy atom. The number of benzene rings is 3. The quantitative estimate of drug-likeness (QED) is 0.171. The smallest absolute Gasteiger partial charge is 0.409 e. The van der Waals surface area contributed by atoms with Gasteiger partial charge in [-0.05, 0) is 52.9 Å². The molecular weight excluding hydrogens is 520 g/mol. The Bertz CT molecular complexity index is 1220. The van der Waals surface area contributed by atoms with E-state index < -0.39 is 0 Å². The van der Waals surface area contributed by atoms with Crippen molar-refractivity contribution in [2.75, 3.05) is 65.1 Å². The summed E-state index contributed by atoms with van der Waals surface area (Å²) in [5.74, 6) is -0.341. The first-order chi connectivity index (χ1) is 20.1. The fourth-order valence-corrected chi connectivity index (χ4v) is 4.73. The number of nitrogens with one attached hydrogen (secondary N) is 1. The maximum Gasteiger partial charge on any atom is 0.409 e. The van der Waals surface area contributed by atoms with Gasteiger partial charge in [0.2, 0.25) is 0 Å². The lowest BCUT2D eigenvalue weighted by atomic mass is 9.98. The molecule has 8 heteroatoms. The number of hydrogen-bond acceptors (Lipinski definition) is 7. The Hall–Kier alpha value is -3.88. The molecule has 0 saturated carbocycles. The number of rotatable bonds is 16. The zero-order valence-electron chi connectivity index (χ0n) is 24.0. The number of amides is 1. The van der Waals surface area contributed by atoms with Crippen LogP contribution in [-0.2, 0) is 18.9 Å². The second kappa shape index (κ2) is 15.8. The van der Waals surface area contributed by atoms with Gasteiger partial charge in [-0.3, -0.25) is 0 Å². The largest absolute Gasteiger partial charge is 0.460 e. The van der Waals surface area contributed by atoms with Gasteiger partial charge in [0.25, 0.3) is 0 Å². The Morgan fingerprint density at radius 1 is 0.780 bits per heavy atom. The number of unbranched alkanes of at least 4 members (excludes halogenated alkanes) is 1. The second-order valence-corrected chi connectivity index (χ2v) is 9.94. The molecule has 1 amide bonds. The van der Waals surface area contributed by atoms with Crippen LogP contribution in [0.2, 0.25) is 0 Å². The van der Waals surface area contributed by atoms with Crippen molar-refractivity contribution >= 4 is 17.7 Å². The maximum absolute atomic E-state index is 12.6. The number of carbonyl (C=O) groups excluding carboxylic acids is 2. The summed E-state index contributed by atoms with van der Waals surface area (Å²) in [5, 5.41) is 3.32. The van der Waals surface area contributed by atoms with Crippen molar-refractivity contribution in [2.24, 2.45) is 0 Å². The van der Waals surface area contributed by atoms with Crippen LogP contribution in [0.4, 0.5) is 10.5 Å². The molecule has 0 aliphatic heterocycles. The van der Waals surface area contributed by atoms with Gasteiger partial charge in [0.05, 0.1) is 32.0 Å². The van der Waals surface area contributed by atoms with Gasteiger partial charge < -0.3 is 29.2 Å². The number of likely N-dealkylation sites (N-methyl/N-ethyl adjacent to an activating group) is 1. The summed E-state index contributed by atoms with van der Waals surface area (Å²) in [6.45, 7) is 5.31. The zero-order chi connectivity index (χ0) is 28.9. The van der Waals surface area contributed by atoms with Crippen LogP contribution in [0.15, 0.2) is 72.8 Å². The lowest BCUT2D eigenvalue weighted by molar-refractivity contribution is 0.0119. The van der Waals surface area contributed by atoms with E-state index in [2.05, 4.69) is 36.5 Å². The van der Waals surface area contributed by atoms with Gasteiger partial charge in [0, 0.05) is 31.7 Å². The molecule has 0 aromatic heterocycles. The van der Waals surface area contributed by atoms with Crippen molar-refractivity contribution < 1.29 is 28.5 Å². The van der Waals surface area contributed by atoms with Crippen LogP contribution in [0.5, 0.6) is 0 Å². The number of carbonyl (C=O) groups is 2. The van der Waals surface area contributed by atoms with E-state index in [1.54, 1.807) is 19.2 Å². The van der Waals surface area contributed by atoms with Gasteiger partial charge in [-0.2, -0.15) is 0 Å². The van der Waals surface area contributed by atoms with Gasteiger partial charge in [-0.15, -0.1) is 0 Å². The standard InChI is InChI=1S/C33H40N2O6/c1-3-4-17-34-26-15-13-25(14-16-26)32(36)40-23-22-39-21-20-38-19-18-35(2)33(37)41-24-31-29-11-7-5-9-27(29)28-10-6-8-12-30(28)31/h5-16,31,34H,3-4,17-24H2,1-2H3. The van der Waals surface area contributed by atoms with Gasteiger partial charge in [0.1, 0.15) is 13.2 Å². The highest BCUT2D eigenvalue weighted by Gasteiger charge is 2.29. The van der Waals surface area contributed by atoms with Crippen LogP contribution >= 0.6 is 0 Å². The van der Waals surface area contributed by atoms with Crippen molar-refractivity contribution in [3.8, 4) is 11.1 Å². The van der Waals surface area contributed by atoms with Gasteiger partial charge in [-0.1, -0.05) is 61.9 Å². The van der Waals surface area contributed by atoms with E-state index in [0.717, 1.165) is 25.1 Å². The maximum atomic E-state index is 12.6. The topological polar surface area (TPSA) is 86.3 Å². The van der Waals surface area contributed by atoms with Crippen molar-refractivity contribution in [3.63, 3.8) is 0 Å². The Morgan fingerprint density at radius 2 is 1.39 bits per heavy atom. The Kier molecular flexibility index (Phi) is 11.6. The average Bonchev–Trinajstić information content (AvgIpc) is 3.32. The number of anilines is 1. The van der Waals surface area contributed by atoms with E-state index in [-0.39, 0.29) is 37.8 Å². The minimum Gasteiger partial charge on any atom is -0.460 e. The van der Waals surface area contributed by atoms with Crippen LogP contribution in [-0.4, -0.2) is 76.7 Å². The van der Waals surface area contributed by atoms with E-state index in [0.29, 0.717) is 31.9 Å². The molecule has 3 aromatic carbocycles. The fraction of sp³-hybridized carbons (Fsp3) is 0.394. The highest BCUT2D eigenvalue weighted by atomic mass is 16.6. The van der Waals surface area contributed by atoms with Gasteiger partial charge in [0.15, 0.2) is 0 Å². The fourth-order valence-electron chi connectivity index (χ4n) is 4.73. The number of nitrogens with zero attached hydrogens (tertiary/aromatic N) is 1. The van der Waals surface area contributed by atoms with Crippen LogP contribution in [0.3, 0.4) is 0 Å². The summed E-state index contributed by atoms with van der Waals surface area (Å²) in [6, 6.07) is 23.8. The molecule has 0 spiro atoms. The number of fused-ring (bicyclic) bond motifs is 3. The Balaban J connectivity index is 1.04. The predicted molar refractivity (Wildman–Crippen MR) is 159 cm³/mol. The number of esters is 1. The van der Waals surface area contributed by atoms with E-state index in [4.69, 9.17) is 18.9 Å². The molecule has 3 aromatic rings. The summed E-state index contributed by atoms with van der Waals surface area (Å²) < 4.78 is 22.0. The molecular formula is C33H40N2O6. The predicted octanol–water partition coefficient (Wildman–Crippen LogP) is 5.97. The molecule has 41 heavy (non-hydrogen) atoms. The normalized spacial score (nSPS) is 12.0. The third-order valence-electron chi connectivity index (χ3n) is 7.03. The van der Waals surface area contributed by atoms with E-state index >= 15 is 0 Å². The summed E-state index contributed by atoms with van der Waals surface area (Å²) in [7, 11) is 1.70. The molecule has 0 saturated heterocycles. The summed E-state index contributed by atoms with van der Waals surface area (Å²) in [4.78, 5) is 26.3. The first-order valence-corrected chi connectivity index (χ1v) is 14.3. The molecule has 0 fully saturated rings. The SMILES string of the molecule is CCCCNc1ccc(C(=O)OCCOCCOCCN(C)C(=O)OCC2c3ccccc3-c3ccccc32)cc1. The molecule has 0 heterocycles. The molecule has 0 radical (unpaired) electrons. The average molecular weight is 561 g/mol. The van der Waals surface area contributed by atoms with Crippen LogP contribution in [0, 0.1) is 0 Å². The van der Waals surface area contributed by atoms with Gasteiger partial charge in [-0.25, -0.2) is 9.59 Å². The van der Waals surface area contributed by atoms with E-state index in [1.165, 1.54) is 27.2 Å². The van der Waals surface area contributed by atoms with Crippen LogP contribution < -0.4 is 5.32 Å².